The fourth-order valence-electron chi connectivity index (χ4n) is 2.45. The Bertz CT molecular complexity index is 546. The van der Waals surface area contributed by atoms with Crippen LogP contribution in [0.15, 0.2) is 54.6 Å². The summed E-state index contributed by atoms with van der Waals surface area (Å²) in [5.41, 5.74) is 4.42. The van der Waals surface area contributed by atoms with E-state index in [9.17, 15) is 0 Å². The maximum absolute atomic E-state index is 7.61. The molecule has 0 fully saturated rings. The molecule has 0 aliphatic rings. The van der Waals surface area contributed by atoms with Crippen LogP contribution in [0.25, 0.3) is 0 Å². The first-order chi connectivity index (χ1) is 13.8. The van der Waals surface area contributed by atoms with Crippen LogP contribution in [0.5, 0.6) is 0 Å². The van der Waals surface area contributed by atoms with Gasteiger partial charge in [-0.3, -0.25) is 0 Å². The predicted molar refractivity (Wildman–Crippen MR) is 140 cm³/mol. The molecule has 4 nitrogen and oxygen atoms in total. The second-order valence-electron chi connectivity index (χ2n) is 6.82. The van der Waals surface area contributed by atoms with Crippen LogP contribution in [0, 0.1) is 0 Å². The van der Waals surface area contributed by atoms with Crippen molar-refractivity contribution >= 4 is 14.2 Å². The molecule has 0 aromatic heterocycles. The van der Waals surface area contributed by atoms with Gasteiger partial charge in [-0.25, -0.2) is 0 Å². The molecule has 0 unspecified atom stereocenters. The molecule has 6 heteroatoms. The number of benzene rings is 2. The number of rotatable bonds is 6. The van der Waals surface area contributed by atoms with E-state index in [0.717, 1.165) is 0 Å². The highest BCUT2D eigenvalue weighted by Crippen LogP contribution is 2.09. The topological polar surface area (TPSA) is 80.9 Å². The Balaban J connectivity index is -0.000000170. The third-order valence-electron chi connectivity index (χ3n) is 3.45. The van der Waals surface area contributed by atoms with Crippen LogP contribution >= 0.6 is 0 Å². The van der Waals surface area contributed by atoms with Crippen molar-refractivity contribution in [1.29, 1.82) is 0 Å². The largest absolute Gasteiger partial charge is 0.448 e. The van der Waals surface area contributed by atoms with Crippen LogP contribution in [0.4, 0.5) is 0 Å². The first kappa shape index (κ1) is 36.8. The molecule has 2 rings (SSSR count). The molecule has 0 aliphatic heterocycles. The van der Waals surface area contributed by atoms with E-state index in [1.165, 1.54) is 68.9 Å². The van der Waals surface area contributed by atoms with Crippen LogP contribution < -0.4 is 0 Å². The van der Waals surface area contributed by atoms with E-state index in [0.29, 0.717) is 0 Å². The third kappa shape index (κ3) is 30.7. The van der Waals surface area contributed by atoms with Crippen LogP contribution in [0.2, 0.25) is 13.6 Å². The summed E-state index contributed by atoms with van der Waals surface area (Å²) in [5, 5.41) is 30.4. The summed E-state index contributed by atoms with van der Waals surface area (Å²) in [6.07, 6.45) is 7.38. The summed E-state index contributed by atoms with van der Waals surface area (Å²) in [6, 6.07) is 19.5. The van der Waals surface area contributed by atoms with Crippen LogP contribution in [-0.4, -0.2) is 34.3 Å². The smallest absolute Gasteiger partial charge is 0.427 e. The Morgan fingerprint density at radius 1 is 0.548 bits per heavy atom. The van der Waals surface area contributed by atoms with E-state index < -0.39 is 14.2 Å². The molecule has 0 amide bonds. The first-order valence-corrected chi connectivity index (χ1v) is 10.6. The van der Waals surface area contributed by atoms with Crippen LogP contribution in [-0.2, 0) is 19.3 Å². The van der Waals surface area contributed by atoms with E-state index in [-0.39, 0.29) is 14.9 Å². The summed E-state index contributed by atoms with van der Waals surface area (Å²) in [5.74, 6) is 0. The van der Waals surface area contributed by atoms with Gasteiger partial charge in [-0.1, -0.05) is 109 Å². The van der Waals surface area contributed by atoms with Gasteiger partial charge in [-0.2, -0.15) is 0 Å². The molecule has 31 heavy (non-hydrogen) atoms. The minimum atomic E-state index is -1.17. The SMILES string of the molecule is C.C.CB(O)O.CB(O)O.CCCc1cccc(CCC)c1.CCCc1ccccc1. The summed E-state index contributed by atoms with van der Waals surface area (Å²) in [4.78, 5) is 0. The summed E-state index contributed by atoms with van der Waals surface area (Å²) < 4.78 is 0. The molecule has 2 aromatic carbocycles. The zero-order chi connectivity index (χ0) is 22.5. The molecule has 0 saturated carbocycles. The molecule has 0 bridgehead atoms. The van der Waals surface area contributed by atoms with Gasteiger partial charge in [0.05, 0.1) is 0 Å². The molecular weight excluding hydrogens is 386 g/mol. The summed E-state index contributed by atoms with van der Waals surface area (Å²) in [7, 11) is -2.33. The molecule has 2 aromatic rings. The number of hydrogen-bond acceptors (Lipinski definition) is 4. The Morgan fingerprint density at radius 2 is 0.839 bits per heavy atom. The zero-order valence-corrected chi connectivity index (χ0v) is 18.9. The molecule has 0 spiro atoms. The molecule has 0 atom stereocenters. The average molecular weight is 434 g/mol. The Hall–Kier alpha value is -1.59. The fraction of sp³-hybridized carbons (Fsp3) is 0.520. The average Bonchev–Trinajstić information content (AvgIpc) is 2.63. The summed E-state index contributed by atoms with van der Waals surface area (Å²) >= 11 is 0. The predicted octanol–water partition coefficient (Wildman–Crippen LogP) is 5.68. The lowest BCUT2D eigenvalue weighted by Gasteiger charge is -2.02. The second-order valence-corrected chi connectivity index (χ2v) is 6.82. The molecular formula is C25H48B2O4. The maximum Gasteiger partial charge on any atom is 0.448 e. The normalized spacial score (nSPS) is 8.42. The highest BCUT2D eigenvalue weighted by atomic mass is 16.4. The fourth-order valence-corrected chi connectivity index (χ4v) is 2.45. The maximum atomic E-state index is 7.61. The zero-order valence-electron chi connectivity index (χ0n) is 18.9. The van der Waals surface area contributed by atoms with Crippen molar-refractivity contribution in [3.63, 3.8) is 0 Å². The second kappa shape index (κ2) is 26.4. The van der Waals surface area contributed by atoms with Gasteiger partial charge >= 0.3 is 14.2 Å². The Kier molecular flexibility index (Phi) is 31.4. The molecule has 0 aliphatic carbocycles. The van der Waals surface area contributed by atoms with Gasteiger partial charge in [0.2, 0.25) is 0 Å². The lowest BCUT2D eigenvalue weighted by atomic mass is 9.99. The molecule has 0 saturated heterocycles. The molecule has 0 heterocycles. The van der Waals surface area contributed by atoms with E-state index >= 15 is 0 Å². The van der Waals surface area contributed by atoms with Crippen molar-refractivity contribution in [2.75, 3.05) is 0 Å². The Morgan fingerprint density at radius 3 is 1.16 bits per heavy atom. The van der Waals surface area contributed by atoms with Gasteiger partial charge in [-0.05, 0) is 49.6 Å². The van der Waals surface area contributed by atoms with Crippen molar-refractivity contribution in [2.45, 2.75) is 87.8 Å². The quantitative estimate of drug-likeness (QED) is 0.441. The van der Waals surface area contributed by atoms with E-state index in [1.807, 2.05) is 0 Å². The number of hydrogen-bond donors (Lipinski definition) is 4. The number of aryl methyl sites for hydroxylation is 3. The van der Waals surface area contributed by atoms with Gasteiger partial charge in [-0.15, -0.1) is 0 Å². The molecule has 178 valence electrons. The minimum absolute atomic E-state index is 0. The lowest BCUT2D eigenvalue weighted by Crippen LogP contribution is -2.00. The van der Waals surface area contributed by atoms with E-state index in [2.05, 4.69) is 75.4 Å². The minimum Gasteiger partial charge on any atom is -0.427 e. The van der Waals surface area contributed by atoms with Gasteiger partial charge in [0.25, 0.3) is 0 Å². The van der Waals surface area contributed by atoms with Crippen molar-refractivity contribution in [3.05, 3.63) is 71.3 Å². The van der Waals surface area contributed by atoms with Crippen LogP contribution in [0.3, 0.4) is 0 Å². The van der Waals surface area contributed by atoms with Gasteiger partial charge in [0.15, 0.2) is 0 Å². The van der Waals surface area contributed by atoms with E-state index in [4.69, 9.17) is 20.1 Å². The van der Waals surface area contributed by atoms with Gasteiger partial charge < -0.3 is 20.1 Å². The summed E-state index contributed by atoms with van der Waals surface area (Å²) in [6.45, 7) is 9.21. The Labute approximate surface area is 193 Å². The molecule has 4 N–H and O–H groups in total. The van der Waals surface area contributed by atoms with Gasteiger partial charge in [0, 0.05) is 0 Å². The van der Waals surface area contributed by atoms with Crippen molar-refractivity contribution < 1.29 is 20.1 Å². The monoisotopic (exact) mass is 434 g/mol. The van der Waals surface area contributed by atoms with Crippen molar-refractivity contribution in [1.82, 2.24) is 0 Å². The highest BCUT2D eigenvalue weighted by molar-refractivity contribution is 6.39. The van der Waals surface area contributed by atoms with Crippen molar-refractivity contribution in [2.24, 2.45) is 0 Å². The van der Waals surface area contributed by atoms with E-state index in [1.54, 1.807) is 0 Å². The van der Waals surface area contributed by atoms with Gasteiger partial charge in [0.1, 0.15) is 0 Å². The van der Waals surface area contributed by atoms with Crippen LogP contribution in [0.1, 0.15) is 71.6 Å². The highest BCUT2D eigenvalue weighted by Gasteiger charge is 1.93. The van der Waals surface area contributed by atoms with Crippen molar-refractivity contribution in [3.8, 4) is 0 Å². The third-order valence-corrected chi connectivity index (χ3v) is 3.45. The standard InChI is InChI=1S/C12H18.C9H12.2CH5BO2.2CH4/c1-3-6-11-8-5-9-12(10-11)7-4-2;1-2-6-9-7-4-3-5-8-9;2*1-2(3)4;;/h5,8-10H,3-4,6-7H2,1-2H3;3-5,7-8H,2,6H2,1H3;2*3-4H,1H3;2*1H4. The lowest BCUT2D eigenvalue weighted by molar-refractivity contribution is 0.415. The first-order valence-electron chi connectivity index (χ1n) is 10.6. The molecule has 0 radical (unpaired) electrons.